The van der Waals surface area contributed by atoms with E-state index in [1.54, 1.807) is 43.4 Å². The van der Waals surface area contributed by atoms with Gasteiger partial charge in [-0.05, 0) is 54.8 Å². The molecule has 2 aromatic carbocycles. The SMILES string of the molecule is CCCN(C)S(=O)(=O)c1ccc(C)c(-c2cc(Cl)ccc2OCC(=O)O)c1. The van der Waals surface area contributed by atoms with Crippen LogP contribution in [0.2, 0.25) is 5.02 Å². The topological polar surface area (TPSA) is 83.9 Å². The predicted molar refractivity (Wildman–Crippen MR) is 105 cm³/mol. The Bertz CT molecular complexity index is 943. The van der Waals surface area contributed by atoms with Crippen molar-refractivity contribution in [3.8, 4) is 16.9 Å². The average molecular weight is 412 g/mol. The first-order valence-corrected chi connectivity index (χ1v) is 10.2. The van der Waals surface area contributed by atoms with E-state index in [0.29, 0.717) is 34.9 Å². The Hall–Kier alpha value is -2.09. The number of rotatable bonds is 8. The molecule has 6 nitrogen and oxygen atoms in total. The van der Waals surface area contributed by atoms with Gasteiger partial charge < -0.3 is 9.84 Å². The lowest BCUT2D eigenvalue weighted by Gasteiger charge is -2.18. The first kappa shape index (κ1) is 21.2. The summed E-state index contributed by atoms with van der Waals surface area (Å²) in [6.45, 7) is 3.65. The molecule has 146 valence electrons. The molecule has 0 radical (unpaired) electrons. The molecule has 8 heteroatoms. The number of halogens is 1. The van der Waals surface area contributed by atoms with Crippen LogP contribution in [0.4, 0.5) is 0 Å². The molecule has 0 aliphatic heterocycles. The lowest BCUT2D eigenvalue weighted by atomic mass is 10.00. The summed E-state index contributed by atoms with van der Waals surface area (Å²) in [5, 5.41) is 9.31. The van der Waals surface area contributed by atoms with Crippen LogP contribution in [0.3, 0.4) is 0 Å². The van der Waals surface area contributed by atoms with Gasteiger partial charge in [0.05, 0.1) is 4.90 Å². The molecule has 27 heavy (non-hydrogen) atoms. The third kappa shape index (κ3) is 5.00. The summed E-state index contributed by atoms with van der Waals surface area (Å²) in [4.78, 5) is 11.0. The number of aryl methyl sites for hydroxylation is 1. The van der Waals surface area contributed by atoms with Gasteiger partial charge in [-0.1, -0.05) is 24.6 Å². The van der Waals surface area contributed by atoms with Crippen molar-refractivity contribution < 1.29 is 23.1 Å². The van der Waals surface area contributed by atoms with Crippen LogP contribution < -0.4 is 4.74 Å². The molecule has 0 aliphatic carbocycles. The number of aliphatic carboxylic acids is 1. The molecule has 0 bridgehead atoms. The third-order valence-corrected chi connectivity index (χ3v) is 6.13. The Balaban J connectivity index is 2.57. The quantitative estimate of drug-likeness (QED) is 0.714. The normalized spacial score (nSPS) is 11.6. The number of carboxylic acid groups (broad SMARTS) is 1. The van der Waals surface area contributed by atoms with Gasteiger partial charge in [-0.2, -0.15) is 0 Å². The largest absolute Gasteiger partial charge is 0.481 e. The number of nitrogens with zero attached hydrogens (tertiary/aromatic N) is 1. The third-order valence-electron chi connectivity index (χ3n) is 4.04. The molecule has 0 saturated heterocycles. The van der Waals surface area contributed by atoms with E-state index in [2.05, 4.69) is 0 Å². The van der Waals surface area contributed by atoms with E-state index in [4.69, 9.17) is 21.4 Å². The van der Waals surface area contributed by atoms with Crippen LogP contribution in [0.1, 0.15) is 18.9 Å². The second-order valence-corrected chi connectivity index (χ2v) is 8.61. The van der Waals surface area contributed by atoms with E-state index in [-0.39, 0.29) is 4.90 Å². The van der Waals surface area contributed by atoms with E-state index in [1.165, 1.54) is 4.31 Å². The van der Waals surface area contributed by atoms with E-state index < -0.39 is 22.6 Å². The maximum atomic E-state index is 12.8. The molecule has 0 aromatic heterocycles. The zero-order valence-electron chi connectivity index (χ0n) is 15.4. The van der Waals surface area contributed by atoms with Crippen LogP contribution in [-0.2, 0) is 14.8 Å². The van der Waals surface area contributed by atoms with E-state index in [1.807, 2.05) is 13.8 Å². The zero-order valence-corrected chi connectivity index (χ0v) is 17.0. The second-order valence-electron chi connectivity index (χ2n) is 6.13. The Morgan fingerprint density at radius 2 is 1.89 bits per heavy atom. The van der Waals surface area contributed by atoms with Crippen LogP contribution >= 0.6 is 11.6 Å². The van der Waals surface area contributed by atoms with Gasteiger partial charge in [-0.25, -0.2) is 17.5 Å². The van der Waals surface area contributed by atoms with Crippen LogP contribution in [0, 0.1) is 6.92 Å². The van der Waals surface area contributed by atoms with E-state index in [9.17, 15) is 13.2 Å². The Morgan fingerprint density at radius 1 is 1.19 bits per heavy atom. The minimum atomic E-state index is -3.63. The lowest BCUT2D eigenvalue weighted by Crippen LogP contribution is -2.27. The summed E-state index contributed by atoms with van der Waals surface area (Å²) >= 11 is 6.10. The number of benzene rings is 2. The highest BCUT2D eigenvalue weighted by atomic mass is 35.5. The van der Waals surface area contributed by atoms with Crippen LogP contribution in [-0.4, -0.2) is 44.0 Å². The average Bonchev–Trinajstić information content (AvgIpc) is 2.61. The van der Waals surface area contributed by atoms with Gasteiger partial charge in [-0.15, -0.1) is 0 Å². The standard InChI is InChI=1S/C19H22ClNO5S/c1-4-9-21(3)27(24,25)15-7-5-13(2)16(11-15)17-10-14(20)6-8-18(17)26-12-19(22)23/h5-8,10-11H,4,9,12H2,1-3H3,(H,22,23). The molecular formula is C19H22ClNO5S. The molecule has 0 spiro atoms. The Kier molecular flexibility index (Phi) is 6.86. The van der Waals surface area contributed by atoms with Gasteiger partial charge >= 0.3 is 5.97 Å². The minimum absolute atomic E-state index is 0.156. The summed E-state index contributed by atoms with van der Waals surface area (Å²) in [5.41, 5.74) is 1.97. The fourth-order valence-electron chi connectivity index (χ4n) is 2.64. The summed E-state index contributed by atoms with van der Waals surface area (Å²) in [5.74, 6) is -0.786. The second kappa shape index (κ2) is 8.73. The van der Waals surface area contributed by atoms with Crippen molar-refractivity contribution >= 4 is 27.6 Å². The molecule has 0 amide bonds. The molecule has 0 heterocycles. The molecule has 0 aliphatic rings. The Labute approximate surface area is 164 Å². The molecule has 0 saturated carbocycles. The molecule has 0 fully saturated rings. The minimum Gasteiger partial charge on any atom is -0.481 e. The molecular weight excluding hydrogens is 390 g/mol. The number of hydrogen-bond acceptors (Lipinski definition) is 4. The van der Waals surface area contributed by atoms with Crippen molar-refractivity contribution in [2.45, 2.75) is 25.2 Å². The highest BCUT2D eigenvalue weighted by Gasteiger charge is 2.22. The van der Waals surface area contributed by atoms with Crippen molar-refractivity contribution in [2.24, 2.45) is 0 Å². The number of carboxylic acids is 1. The number of ether oxygens (including phenoxy) is 1. The Morgan fingerprint density at radius 3 is 2.52 bits per heavy atom. The molecule has 2 aromatic rings. The first-order valence-electron chi connectivity index (χ1n) is 8.38. The van der Waals surface area contributed by atoms with Crippen molar-refractivity contribution in [1.29, 1.82) is 0 Å². The monoisotopic (exact) mass is 411 g/mol. The fraction of sp³-hybridized carbons (Fsp3) is 0.316. The summed E-state index contributed by atoms with van der Waals surface area (Å²) in [6, 6.07) is 9.63. The molecule has 0 unspecified atom stereocenters. The van der Waals surface area contributed by atoms with Gasteiger partial charge in [0.25, 0.3) is 0 Å². The smallest absolute Gasteiger partial charge is 0.341 e. The lowest BCUT2D eigenvalue weighted by molar-refractivity contribution is -0.139. The van der Waals surface area contributed by atoms with Crippen LogP contribution in [0.5, 0.6) is 5.75 Å². The highest BCUT2D eigenvalue weighted by Crippen LogP contribution is 2.36. The van der Waals surface area contributed by atoms with Crippen molar-refractivity contribution in [3.63, 3.8) is 0 Å². The van der Waals surface area contributed by atoms with Gasteiger partial charge in [-0.3, -0.25) is 0 Å². The van der Waals surface area contributed by atoms with Crippen molar-refractivity contribution in [3.05, 3.63) is 47.0 Å². The van der Waals surface area contributed by atoms with E-state index in [0.717, 1.165) is 5.56 Å². The van der Waals surface area contributed by atoms with Gasteiger partial charge in [0.2, 0.25) is 10.0 Å². The summed E-state index contributed by atoms with van der Waals surface area (Å²) < 4.78 is 32.2. The summed E-state index contributed by atoms with van der Waals surface area (Å²) in [6.07, 6.45) is 0.704. The number of sulfonamides is 1. The number of carbonyl (C=O) groups is 1. The molecule has 1 N–H and O–H groups in total. The van der Waals surface area contributed by atoms with Crippen molar-refractivity contribution in [1.82, 2.24) is 4.31 Å². The van der Waals surface area contributed by atoms with Crippen LogP contribution in [0.25, 0.3) is 11.1 Å². The van der Waals surface area contributed by atoms with Crippen molar-refractivity contribution in [2.75, 3.05) is 20.2 Å². The summed E-state index contributed by atoms with van der Waals surface area (Å²) in [7, 11) is -2.09. The van der Waals surface area contributed by atoms with Gasteiger partial charge in [0.15, 0.2) is 6.61 Å². The molecule has 2 rings (SSSR count). The molecule has 0 atom stereocenters. The van der Waals surface area contributed by atoms with E-state index >= 15 is 0 Å². The maximum absolute atomic E-state index is 12.8. The van der Waals surface area contributed by atoms with Gasteiger partial charge in [0.1, 0.15) is 5.75 Å². The number of hydrogen-bond donors (Lipinski definition) is 1. The van der Waals surface area contributed by atoms with Crippen LogP contribution in [0.15, 0.2) is 41.3 Å². The zero-order chi connectivity index (χ0) is 20.2. The predicted octanol–water partition coefficient (Wildman–Crippen LogP) is 3.81. The fourth-order valence-corrected chi connectivity index (χ4v) is 4.11. The van der Waals surface area contributed by atoms with Gasteiger partial charge in [0, 0.05) is 24.2 Å². The maximum Gasteiger partial charge on any atom is 0.341 e. The first-order chi connectivity index (χ1) is 12.7. The highest BCUT2D eigenvalue weighted by molar-refractivity contribution is 7.89.